The summed E-state index contributed by atoms with van der Waals surface area (Å²) in [4.78, 5) is 54.4. The van der Waals surface area contributed by atoms with E-state index in [4.69, 9.17) is 27.9 Å². The number of imide groups is 1. The molecule has 5 rings (SSSR count). The number of hydrogen-bond donors (Lipinski definition) is 0. The first-order chi connectivity index (χ1) is 16.7. The summed E-state index contributed by atoms with van der Waals surface area (Å²) in [7, 11) is 1.51. The summed E-state index contributed by atoms with van der Waals surface area (Å²) >= 11 is 12.3. The van der Waals surface area contributed by atoms with Crippen molar-refractivity contribution >= 4 is 46.7 Å². The van der Waals surface area contributed by atoms with Crippen LogP contribution in [0, 0.1) is 23.7 Å². The number of hydrogen-bond acceptors (Lipinski definition) is 5. The van der Waals surface area contributed by atoms with E-state index in [1.54, 1.807) is 24.3 Å². The van der Waals surface area contributed by atoms with Crippen molar-refractivity contribution in [3.63, 3.8) is 0 Å². The number of rotatable bonds is 6. The number of nitrogens with zero attached hydrogens (tertiary/aromatic N) is 2. The molecule has 1 heterocycles. The van der Waals surface area contributed by atoms with Gasteiger partial charge in [-0.1, -0.05) is 35.4 Å². The SMILES string of the molecule is COc1ccc(C(=O)[C@H](C)N(C(=O)c2ccc(Cl)cc2Cl)N2C(=O)[C@@H]3[C@@H](C2=O)[C@H]2C=C[C@@H]3C2)cc1. The van der Waals surface area contributed by atoms with Gasteiger partial charge in [0.2, 0.25) is 0 Å². The van der Waals surface area contributed by atoms with Crippen LogP contribution in [0.2, 0.25) is 10.0 Å². The molecular formula is C26H22Cl2N2O5. The van der Waals surface area contributed by atoms with Gasteiger partial charge in [-0.15, -0.1) is 0 Å². The van der Waals surface area contributed by atoms with Gasteiger partial charge in [0.15, 0.2) is 5.78 Å². The first kappa shape index (κ1) is 23.6. The summed E-state index contributed by atoms with van der Waals surface area (Å²) in [6.45, 7) is 1.50. The summed E-state index contributed by atoms with van der Waals surface area (Å²) in [6, 6.07) is 9.54. The minimum Gasteiger partial charge on any atom is -0.497 e. The Hall–Kier alpha value is -3.16. The van der Waals surface area contributed by atoms with Gasteiger partial charge in [-0.2, -0.15) is 5.01 Å². The average Bonchev–Trinajstić information content (AvgIpc) is 3.53. The van der Waals surface area contributed by atoms with E-state index >= 15 is 0 Å². The third-order valence-electron chi connectivity index (χ3n) is 7.15. The van der Waals surface area contributed by atoms with Gasteiger partial charge in [0.25, 0.3) is 17.7 Å². The van der Waals surface area contributed by atoms with Crippen LogP contribution in [0.3, 0.4) is 0 Å². The highest BCUT2D eigenvalue weighted by molar-refractivity contribution is 6.36. The van der Waals surface area contributed by atoms with E-state index in [2.05, 4.69) is 0 Å². The molecule has 1 aliphatic heterocycles. The second-order valence-corrected chi connectivity index (χ2v) is 9.87. The van der Waals surface area contributed by atoms with E-state index in [1.807, 2.05) is 12.2 Å². The lowest BCUT2D eigenvalue weighted by atomic mass is 9.85. The Labute approximate surface area is 212 Å². The summed E-state index contributed by atoms with van der Waals surface area (Å²) in [6.07, 6.45) is 4.68. The quantitative estimate of drug-likeness (QED) is 0.324. The second kappa shape index (κ2) is 8.81. The van der Waals surface area contributed by atoms with E-state index in [-0.39, 0.29) is 22.4 Å². The number of carbonyl (C=O) groups is 4. The first-order valence-corrected chi connectivity index (χ1v) is 12.0. The van der Waals surface area contributed by atoms with Crippen molar-refractivity contribution in [2.75, 3.05) is 7.11 Å². The third kappa shape index (κ3) is 3.74. The Bertz CT molecular complexity index is 1250. The number of benzene rings is 2. The summed E-state index contributed by atoms with van der Waals surface area (Å²) in [5, 5.41) is 2.22. The van der Waals surface area contributed by atoms with Gasteiger partial charge in [0, 0.05) is 10.6 Å². The second-order valence-electron chi connectivity index (χ2n) is 9.03. The fraction of sp³-hybridized carbons (Fsp3) is 0.308. The first-order valence-electron chi connectivity index (χ1n) is 11.3. The maximum Gasteiger partial charge on any atom is 0.275 e. The largest absolute Gasteiger partial charge is 0.497 e. The molecular weight excluding hydrogens is 491 g/mol. The number of ether oxygens (including phenoxy) is 1. The molecule has 1 saturated heterocycles. The van der Waals surface area contributed by atoms with E-state index < -0.39 is 41.4 Å². The fourth-order valence-corrected chi connectivity index (χ4v) is 5.92. The zero-order valence-electron chi connectivity index (χ0n) is 19.0. The van der Waals surface area contributed by atoms with Gasteiger partial charge in [-0.3, -0.25) is 19.2 Å². The molecule has 2 aromatic rings. The Morgan fingerprint density at radius 1 is 1.00 bits per heavy atom. The van der Waals surface area contributed by atoms with Gasteiger partial charge in [0.05, 0.1) is 29.5 Å². The Kier molecular flexibility index (Phi) is 5.93. The predicted molar refractivity (Wildman–Crippen MR) is 129 cm³/mol. The average molecular weight is 513 g/mol. The lowest BCUT2D eigenvalue weighted by Crippen LogP contribution is -2.57. The Morgan fingerprint density at radius 2 is 1.60 bits per heavy atom. The van der Waals surface area contributed by atoms with Crippen LogP contribution in [0.25, 0.3) is 0 Å². The normalized spacial score (nSPS) is 25.1. The third-order valence-corrected chi connectivity index (χ3v) is 7.70. The number of ketones is 1. The summed E-state index contributed by atoms with van der Waals surface area (Å²) in [5.74, 6) is -2.70. The van der Waals surface area contributed by atoms with Gasteiger partial charge >= 0.3 is 0 Å². The molecule has 2 aliphatic carbocycles. The van der Waals surface area contributed by atoms with Crippen molar-refractivity contribution < 1.29 is 23.9 Å². The van der Waals surface area contributed by atoms with Crippen LogP contribution >= 0.6 is 23.2 Å². The molecule has 2 aromatic carbocycles. The number of allylic oxidation sites excluding steroid dienone is 2. The minimum atomic E-state index is -1.17. The van der Waals surface area contributed by atoms with Gasteiger partial charge in [0.1, 0.15) is 11.8 Å². The highest BCUT2D eigenvalue weighted by Gasteiger charge is 2.61. The van der Waals surface area contributed by atoms with Crippen molar-refractivity contribution in [2.45, 2.75) is 19.4 Å². The molecule has 35 heavy (non-hydrogen) atoms. The standard InChI is InChI=1S/C26H22Cl2N2O5/c1-13(23(31)14-5-8-18(35-2)9-6-14)29(24(32)19-10-7-17(27)12-20(19)28)30-25(33)21-15-3-4-16(11-15)22(21)26(30)34/h3-10,12-13,15-16,21-22H,11H2,1-2H3/t13-,15-,16+,21-,22-/m0/s1. The lowest BCUT2D eigenvalue weighted by molar-refractivity contribution is -0.157. The molecule has 3 amide bonds. The molecule has 0 radical (unpaired) electrons. The van der Waals surface area contributed by atoms with Crippen LogP contribution in [0.5, 0.6) is 5.75 Å². The van der Waals surface area contributed by atoms with Crippen LogP contribution in [0.1, 0.15) is 34.1 Å². The monoisotopic (exact) mass is 512 g/mol. The minimum absolute atomic E-state index is 0.0317. The molecule has 1 saturated carbocycles. The number of methoxy groups -OCH3 is 1. The van der Waals surface area contributed by atoms with E-state index in [0.717, 1.165) is 16.4 Å². The van der Waals surface area contributed by atoms with Crippen molar-refractivity contribution in [3.8, 4) is 5.75 Å². The van der Waals surface area contributed by atoms with E-state index in [1.165, 1.54) is 32.2 Å². The zero-order valence-corrected chi connectivity index (χ0v) is 20.5. The molecule has 0 unspecified atom stereocenters. The lowest BCUT2D eigenvalue weighted by Gasteiger charge is -2.35. The highest BCUT2D eigenvalue weighted by Crippen LogP contribution is 2.53. The highest BCUT2D eigenvalue weighted by atomic mass is 35.5. The molecule has 2 bridgehead atoms. The Balaban J connectivity index is 1.55. The zero-order chi connectivity index (χ0) is 25.0. The van der Waals surface area contributed by atoms with Crippen LogP contribution in [-0.4, -0.2) is 46.7 Å². The smallest absolute Gasteiger partial charge is 0.275 e. The predicted octanol–water partition coefficient (Wildman–Crippen LogP) is 4.44. The fourth-order valence-electron chi connectivity index (χ4n) is 5.43. The molecule has 5 atom stereocenters. The number of amides is 3. The van der Waals surface area contributed by atoms with Gasteiger partial charge < -0.3 is 4.74 Å². The Morgan fingerprint density at radius 3 is 2.14 bits per heavy atom. The molecule has 2 fully saturated rings. The van der Waals surface area contributed by atoms with E-state index in [9.17, 15) is 19.2 Å². The van der Waals surface area contributed by atoms with Crippen molar-refractivity contribution in [1.82, 2.24) is 10.0 Å². The molecule has 0 N–H and O–H groups in total. The topological polar surface area (TPSA) is 84.0 Å². The van der Waals surface area contributed by atoms with Crippen LogP contribution in [0.4, 0.5) is 0 Å². The number of Topliss-reactive ketones (excluding diaryl/α,β-unsaturated/α-hetero) is 1. The number of hydrazine groups is 1. The molecule has 180 valence electrons. The van der Waals surface area contributed by atoms with Crippen molar-refractivity contribution in [3.05, 3.63) is 75.8 Å². The summed E-state index contributed by atoms with van der Waals surface area (Å²) in [5.41, 5.74) is 0.337. The molecule has 7 nitrogen and oxygen atoms in total. The maximum atomic E-state index is 13.8. The van der Waals surface area contributed by atoms with E-state index in [0.29, 0.717) is 16.3 Å². The van der Waals surface area contributed by atoms with Gasteiger partial charge in [-0.05, 0) is 67.6 Å². The maximum absolute atomic E-state index is 13.8. The molecule has 3 aliphatic rings. The molecule has 0 spiro atoms. The van der Waals surface area contributed by atoms with Crippen molar-refractivity contribution in [2.24, 2.45) is 23.7 Å². The van der Waals surface area contributed by atoms with Crippen LogP contribution in [-0.2, 0) is 9.59 Å². The summed E-state index contributed by atoms with van der Waals surface area (Å²) < 4.78 is 5.15. The van der Waals surface area contributed by atoms with Gasteiger partial charge in [-0.25, -0.2) is 5.01 Å². The molecule has 0 aromatic heterocycles. The van der Waals surface area contributed by atoms with Crippen LogP contribution in [0.15, 0.2) is 54.6 Å². The number of halogens is 2. The van der Waals surface area contributed by atoms with Crippen molar-refractivity contribution in [1.29, 1.82) is 0 Å². The molecule has 9 heteroatoms. The number of fused-ring (bicyclic) bond motifs is 5. The number of carbonyl (C=O) groups excluding carboxylic acids is 4. The van der Waals surface area contributed by atoms with Crippen LogP contribution < -0.4 is 4.74 Å².